The lowest BCUT2D eigenvalue weighted by Gasteiger charge is -2.32. The molecule has 4 heteroatoms. The number of hydrogen-bond acceptors (Lipinski definition) is 2. The molecule has 3 nitrogen and oxygen atoms in total. The van der Waals surface area contributed by atoms with E-state index in [1.54, 1.807) is 19.2 Å². The zero-order valence-electron chi connectivity index (χ0n) is 11.3. The molecule has 0 aromatic heterocycles. The molecule has 0 bridgehead atoms. The van der Waals surface area contributed by atoms with Gasteiger partial charge in [-0.25, -0.2) is 4.39 Å². The summed E-state index contributed by atoms with van der Waals surface area (Å²) in [6, 6.07) is 5.91. The van der Waals surface area contributed by atoms with E-state index >= 15 is 0 Å². The second-order valence-corrected chi connectivity index (χ2v) is 5.03. The van der Waals surface area contributed by atoms with Gasteiger partial charge < -0.3 is 9.64 Å². The molecule has 1 amide bonds. The molecule has 0 radical (unpaired) electrons. The average Bonchev–Trinajstić information content (AvgIpc) is 2.45. The zero-order chi connectivity index (χ0) is 13.7. The molecule has 0 saturated carbocycles. The van der Waals surface area contributed by atoms with Crippen LogP contribution in [0.15, 0.2) is 24.3 Å². The Morgan fingerprint density at radius 1 is 1.42 bits per heavy atom. The van der Waals surface area contributed by atoms with Crippen LogP contribution >= 0.6 is 0 Å². The van der Waals surface area contributed by atoms with Gasteiger partial charge in [0.15, 0.2) is 0 Å². The smallest absolute Gasteiger partial charge is 0.253 e. The topological polar surface area (TPSA) is 29.5 Å². The first kappa shape index (κ1) is 14.0. The van der Waals surface area contributed by atoms with E-state index in [1.165, 1.54) is 12.1 Å². The van der Waals surface area contributed by atoms with Gasteiger partial charge in [-0.3, -0.25) is 4.79 Å². The van der Waals surface area contributed by atoms with Gasteiger partial charge in [0.25, 0.3) is 5.91 Å². The number of methoxy groups -OCH3 is 1. The lowest BCUT2D eigenvalue weighted by Crippen LogP contribution is -2.38. The number of piperidine rings is 1. The molecule has 2 rings (SSSR count). The van der Waals surface area contributed by atoms with Crippen molar-refractivity contribution in [3.63, 3.8) is 0 Å². The molecule has 1 aliphatic rings. The van der Waals surface area contributed by atoms with Crippen LogP contribution in [0.1, 0.15) is 29.6 Å². The summed E-state index contributed by atoms with van der Waals surface area (Å²) >= 11 is 0. The lowest BCUT2D eigenvalue weighted by molar-refractivity contribution is 0.0669. The van der Waals surface area contributed by atoms with Crippen molar-refractivity contribution in [3.8, 4) is 0 Å². The maximum atomic E-state index is 13.1. The van der Waals surface area contributed by atoms with E-state index in [2.05, 4.69) is 0 Å². The van der Waals surface area contributed by atoms with Crippen LogP contribution in [0.2, 0.25) is 0 Å². The number of nitrogens with zero attached hydrogens (tertiary/aromatic N) is 1. The van der Waals surface area contributed by atoms with Crippen molar-refractivity contribution in [1.82, 2.24) is 4.90 Å². The summed E-state index contributed by atoms with van der Waals surface area (Å²) < 4.78 is 18.2. The molecule has 1 fully saturated rings. The molecule has 104 valence electrons. The first-order valence-electron chi connectivity index (χ1n) is 6.74. The van der Waals surface area contributed by atoms with Gasteiger partial charge in [0.2, 0.25) is 0 Å². The first-order valence-corrected chi connectivity index (χ1v) is 6.74. The van der Waals surface area contributed by atoms with Crippen LogP contribution in [-0.4, -0.2) is 37.6 Å². The fourth-order valence-electron chi connectivity index (χ4n) is 2.51. The molecule has 1 heterocycles. The van der Waals surface area contributed by atoms with E-state index in [-0.39, 0.29) is 11.7 Å². The van der Waals surface area contributed by atoms with Crippen molar-refractivity contribution in [2.45, 2.75) is 19.3 Å². The van der Waals surface area contributed by atoms with Crippen molar-refractivity contribution < 1.29 is 13.9 Å². The Bertz CT molecular complexity index is 428. The Morgan fingerprint density at radius 3 is 2.79 bits per heavy atom. The van der Waals surface area contributed by atoms with Crippen LogP contribution in [0.25, 0.3) is 0 Å². The van der Waals surface area contributed by atoms with Crippen molar-refractivity contribution >= 4 is 5.91 Å². The normalized spacial score (nSPS) is 16.6. The van der Waals surface area contributed by atoms with E-state index in [1.807, 2.05) is 4.90 Å². The predicted molar refractivity (Wildman–Crippen MR) is 71.5 cm³/mol. The van der Waals surface area contributed by atoms with Crippen LogP contribution in [0.5, 0.6) is 0 Å². The molecule has 1 aliphatic heterocycles. The predicted octanol–water partition coefficient (Wildman–Crippen LogP) is 2.71. The Hall–Kier alpha value is -1.42. The number of benzene rings is 1. The van der Waals surface area contributed by atoms with Gasteiger partial charge >= 0.3 is 0 Å². The molecule has 0 atom stereocenters. The van der Waals surface area contributed by atoms with Crippen molar-refractivity contribution in [1.29, 1.82) is 0 Å². The quantitative estimate of drug-likeness (QED) is 0.837. The Kier molecular flexibility index (Phi) is 4.91. The maximum absolute atomic E-state index is 13.1. The zero-order valence-corrected chi connectivity index (χ0v) is 11.3. The summed E-state index contributed by atoms with van der Waals surface area (Å²) in [6.07, 6.45) is 3.06. The highest BCUT2D eigenvalue weighted by Gasteiger charge is 2.23. The third-order valence-electron chi connectivity index (χ3n) is 3.70. The Morgan fingerprint density at radius 2 is 2.16 bits per heavy atom. The van der Waals surface area contributed by atoms with Crippen LogP contribution in [-0.2, 0) is 4.74 Å². The summed E-state index contributed by atoms with van der Waals surface area (Å²) in [5.74, 6) is 0.210. The fourth-order valence-corrected chi connectivity index (χ4v) is 2.51. The summed E-state index contributed by atoms with van der Waals surface area (Å²) in [5, 5.41) is 0. The van der Waals surface area contributed by atoms with Crippen LogP contribution in [0.3, 0.4) is 0 Å². The molecule has 0 aliphatic carbocycles. The highest BCUT2D eigenvalue weighted by molar-refractivity contribution is 5.94. The van der Waals surface area contributed by atoms with Crippen molar-refractivity contribution in [2.24, 2.45) is 5.92 Å². The first-order chi connectivity index (χ1) is 9.20. The summed E-state index contributed by atoms with van der Waals surface area (Å²) in [4.78, 5) is 14.0. The highest BCUT2D eigenvalue weighted by atomic mass is 19.1. The number of halogens is 1. The number of amides is 1. The third-order valence-corrected chi connectivity index (χ3v) is 3.70. The minimum absolute atomic E-state index is 0.0651. The van der Waals surface area contributed by atoms with Crippen molar-refractivity contribution in [2.75, 3.05) is 26.8 Å². The van der Waals surface area contributed by atoms with Gasteiger partial charge in [-0.1, -0.05) is 6.07 Å². The standard InChI is InChI=1S/C15H20FNO2/c1-19-10-7-12-5-8-17(9-6-12)15(18)13-3-2-4-14(16)11-13/h2-4,11-12H,5-10H2,1H3. The minimum atomic E-state index is -0.360. The highest BCUT2D eigenvalue weighted by Crippen LogP contribution is 2.21. The van der Waals surface area contributed by atoms with E-state index in [0.717, 1.165) is 39.0 Å². The summed E-state index contributed by atoms with van der Waals surface area (Å²) in [7, 11) is 1.71. The number of likely N-dealkylation sites (tertiary alicyclic amines) is 1. The molecular weight excluding hydrogens is 245 g/mol. The summed E-state index contributed by atoms with van der Waals surface area (Å²) in [6.45, 7) is 2.29. The third kappa shape index (κ3) is 3.77. The molecule has 1 saturated heterocycles. The fraction of sp³-hybridized carbons (Fsp3) is 0.533. The number of carbonyl (C=O) groups excluding carboxylic acids is 1. The second kappa shape index (κ2) is 6.66. The SMILES string of the molecule is COCCC1CCN(C(=O)c2cccc(F)c2)CC1. The van der Waals surface area contributed by atoms with Crippen molar-refractivity contribution in [3.05, 3.63) is 35.6 Å². The van der Waals surface area contributed by atoms with Gasteiger partial charge in [0.05, 0.1) is 0 Å². The van der Waals surface area contributed by atoms with E-state index in [0.29, 0.717) is 11.5 Å². The number of rotatable bonds is 4. The van der Waals surface area contributed by atoms with E-state index in [9.17, 15) is 9.18 Å². The van der Waals surface area contributed by atoms with Gasteiger partial charge in [-0.05, 0) is 43.4 Å². The molecular formula is C15H20FNO2. The van der Waals surface area contributed by atoms with Crippen LogP contribution in [0.4, 0.5) is 4.39 Å². The Balaban J connectivity index is 1.89. The molecule has 0 unspecified atom stereocenters. The average molecular weight is 265 g/mol. The van der Waals surface area contributed by atoms with Gasteiger partial charge in [-0.15, -0.1) is 0 Å². The monoisotopic (exact) mass is 265 g/mol. The van der Waals surface area contributed by atoms with Gasteiger partial charge in [-0.2, -0.15) is 0 Å². The lowest BCUT2D eigenvalue weighted by atomic mass is 9.93. The molecule has 0 N–H and O–H groups in total. The Labute approximate surface area is 113 Å². The maximum Gasteiger partial charge on any atom is 0.253 e. The van der Waals surface area contributed by atoms with E-state index < -0.39 is 0 Å². The molecule has 19 heavy (non-hydrogen) atoms. The largest absolute Gasteiger partial charge is 0.385 e. The van der Waals surface area contributed by atoms with Gasteiger partial charge in [0.1, 0.15) is 5.82 Å². The number of hydrogen-bond donors (Lipinski definition) is 0. The number of ether oxygens (including phenoxy) is 1. The van der Waals surface area contributed by atoms with E-state index in [4.69, 9.17) is 4.74 Å². The summed E-state index contributed by atoms with van der Waals surface area (Å²) in [5.41, 5.74) is 0.440. The van der Waals surface area contributed by atoms with Crippen LogP contribution < -0.4 is 0 Å². The molecule has 0 spiro atoms. The number of carbonyl (C=O) groups is 1. The van der Waals surface area contributed by atoms with Gasteiger partial charge in [0, 0.05) is 32.4 Å². The second-order valence-electron chi connectivity index (χ2n) is 5.03. The van der Waals surface area contributed by atoms with Crippen LogP contribution in [0, 0.1) is 11.7 Å². The molecule has 1 aromatic carbocycles. The minimum Gasteiger partial charge on any atom is -0.385 e. The molecule has 1 aromatic rings.